The van der Waals surface area contributed by atoms with E-state index in [4.69, 9.17) is 4.74 Å². The normalized spacial score (nSPS) is 42.1. The maximum atomic E-state index is 12.1. The van der Waals surface area contributed by atoms with E-state index in [0.717, 1.165) is 26.1 Å². The Hall–Kier alpha value is -1.74. The lowest BCUT2D eigenvalue weighted by molar-refractivity contribution is -0.222. The van der Waals surface area contributed by atoms with Crippen molar-refractivity contribution < 1.29 is 23.1 Å². The van der Waals surface area contributed by atoms with Gasteiger partial charge in [-0.2, -0.15) is 0 Å². The van der Waals surface area contributed by atoms with Crippen molar-refractivity contribution in [3.63, 3.8) is 0 Å². The van der Waals surface area contributed by atoms with Gasteiger partial charge in [-0.1, -0.05) is 59.8 Å². The quantitative estimate of drug-likeness (QED) is 0.269. The molecule has 5 fully saturated rings. The maximum Gasteiger partial charge on any atom is 0.335 e. The molecule has 0 radical (unpaired) electrons. The zero-order valence-electron chi connectivity index (χ0n) is 32.6. The highest BCUT2D eigenvalue weighted by Gasteiger charge is 2.70. The third-order valence-corrected chi connectivity index (χ3v) is 18.6. The van der Waals surface area contributed by atoms with Crippen LogP contribution in [-0.2, 0) is 14.6 Å². The molecule has 51 heavy (non-hydrogen) atoms. The van der Waals surface area contributed by atoms with Crippen LogP contribution in [0.3, 0.4) is 0 Å². The van der Waals surface area contributed by atoms with Crippen molar-refractivity contribution in [1.29, 1.82) is 0 Å². The molecule has 0 spiro atoms. The number of sulfone groups is 1. The number of nitrogens with one attached hydrogen (secondary N) is 1. The van der Waals surface area contributed by atoms with E-state index in [9.17, 15) is 18.3 Å². The second-order valence-electron chi connectivity index (χ2n) is 19.3. The van der Waals surface area contributed by atoms with Crippen LogP contribution in [-0.4, -0.2) is 81.3 Å². The molecule has 10 atom stereocenters. The Bertz CT molecular complexity index is 1610. The molecule has 10 unspecified atom stereocenters. The van der Waals surface area contributed by atoms with E-state index >= 15 is 0 Å². The zero-order valence-corrected chi connectivity index (χ0v) is 33.4. The lowest BCUT2D eigenvalue weighted by atomic mass is 9.33. The Labute approximate surface area is 308 Å². The number of hydrogen-bond donors (Lipinski definition) is 2. The predicted octanol–water partition coefficient (Wildman–Crippen LogP) is 7.81. The van der Waals surface area contributed by atoms with E-state index in [-0.39, 0.29) is 27.2 Å². The number of benzene rings is 1. The Morgan fingerprint density at radius 1 is 0.941 bits per heavy atom. The van der Waals surface area contributed by atoms with E-state index in [1.165, 1.54) is 62.5 Å². The van der Waals surface area contributed by atoms with Crippen LogP contribution in [0.25, 0.3) is 5.57 Å². The van der Waals surface area contributed by atoms with Crippen LogP contribution in [0.4, 0.5) is 0 Å². The fourth-order valence-electron chi connectivity index (χ4n) is 14.3. The molecule has 0 bridgehead atoms. The van der Waals surface area contributed by atoms with Crippen molar-refractivity contribution in [3.8, 4) is 0 Å². The third-order valence-electron chi connectivity index (χ3n) is 17.0. The molecule has 1 aliphatic heterocycles. The second-order valence-corrected chi connectivity index (χ2v) is 21.6. The SMILES string of the molecule is COCC(C)C1CCC2(NCCN3CCS(=O)(=O)CC3)CCC3(C)C(CCC4C5(C)CC=C(c6ccc(C(=O)O)cc6)C(C)(C)C5CCC43C)C12. The Morgan fingerprint density at radius 3 is 2.31 bits per heavy atom. The van der Waals surface area contributed by atoms with Crippen molar-refractivity contribution in [1.82, 2.24) is 10.2 Å². The Morgan fingerprint density at radius 2 is 1.65 bits per heavy atom. The average Bonchev–Trinajstić information content (AvgIpc) is 3.46. The third kappa shape index (κ3) is 5.99. The van der Waals surface area contributed by atoms with Gasteiger partial charge in [0.1, 0.15) is 0 Å². The molecule has 0 aromatic heterocycles. The number of nitrogens with zero attached hydrogens (tertiary/aromatic N) is 1. The van der Waals surface area contributed by atoms with Gasteiger partial charge in [0.05, 0.1) is 17.1 Å². The molecule has 4 saturated carbocycles. The lowest BCUT2D eigenvalue weighted by Gasteiger charge is -2.72. The number of hydrogen-bond acceptors (Lipinski definition) is 6. The first-order chi connectivity index (χ1) is 24.0. The molecule has 2 N–H and O–H groups in total. The largest absolute Gasteiger partial charge is 0.478 e. The number of carbonyl (C=O) groups is 1. The number of ether oxygens (including phenoxy) is 1. The summed E-state index contributed by atoms with van der Waals surface area (Å²) < 4.78 is 30.0. The molecule has 1 heterocycles. The van der Waals surface area contributed by atoms with Gasteiger partial charge in [0, 0.05) is 45.4 Å². The van der Waals surface area contributed by atoms with Crippen LogP contribution in [0.1, 0.15) is 115 Å². The van der Waals surface area contributed by atoms with Crippen molar-refractivity contribution >= 4 is 21.4 Å². The summed E-state index contributed by atoms with van der Waals surface area (Å²) in [6.45, 7) is 19.5. The van der Waals surface area contributed by atoms with Crippen molar-refractivity contribution in [2.45, 2.75) is 105 Å². The highest BCUT2D eigenvalue weighted by atomic mass is 32.2. The summed E-state index contributed by atoms with van der Waals surface area (Å²) in [5.74, 6) is 3.48. The number of allylic oxidation sites excluding steroid dienone is 2. The highest BCUT2D eigenvalue weighted by molar-refractivity contribution is 7.91. The van der Waals surface area contributed by atoms with Gasteiger partial charge in [-0.3, -0.25) is 0 Å². The molecule has 5 aliphatic carbocycles. The van der Waals surface area contributed by atoms with Gasteiger partial charge < -0.3 is 20.1 Å². The van der Waals surface area contributed by atoms with Crippen LogP contribution < -0.4 is 5.32 Å². The highest BCUT2D eigenvalue weighted by Crippen LogP contribution is 2.76. The minimum atomic E-state index is -2.87. The summed E-state index contributed by atoms with van der Waals surface area (Å²) in [5.41, 5.74) is 3.86. The summed E-state index contributed by atoms with van der Waals surface area (Å²) in [6.07, 6.45) is 13.8. The Balaban J connectivity index is 1.16. The van der Waals surface area contributed by atoms with Gasteiger partial charge >= 0.3 is 5.97 Å². The number of rotatable bonds is 9. The molecule has 284 valence electrons. The first-order valence-electron chi connectivity index (χ1n) is 20.2. The first kappa shape index (κ1) is 37.6. The summed E-state index contributed by atoms with van der Waals surface area (Å²) in [7, 11) is -1.00. The fourth-order valence-corrected chi connectivity index (χ4v) is 15.6. The molecule has 6 aliphatic rings. The van der Waals surface area contributed by atoms with Gasteiger partial charge in [0.15, 0.2) is 9.84 Å². The molecule has 7 rings (SSSR count). The van der Waals surface area contributed by atoms with E-state index in [0.29, 0.717) is 65.7 Å². The van der Waals surface area contributed by atoms with Crippen LogP contribution in [0.2, 0.25) is 0 Å². The minimum absolute atomic E-state index is 0.00708. The van der Waals surface area contributed by atoms with Gasteiger partial charge in [0.2, 0.25) is 0 Å². The predicted molar refractivity (Wildman–Crippen MR) is 205 cm³/mol. The van der Waals surface area contributed by atoms with E-state index in [2.05, 4.69) is 57.8 Å². The summed E-state index contributed by atoms with van der Waals surface area (Å²) in [5, 5.41) is 13.8. The number of aromatic carboxylic acids is 1. The number of methoxy groups -OCH3 is 1. The van der Waals surface area contributed by atoms with Gasteiger partial charge in [-0.25, -0.2) is 13.2 Å². The minimum Gasteiger partial charge on any atom is -0.478 e. The zero-order chi connectivity index (χ0) is 36.6. The molecular formula is C43H66N2O5S. The van der Waals surface area contributed by atoms with Crippen LogP contribution in [0, 0.1) is 57.2 Å². The van der Waals surface area contributed by atoms with Crippen molar-refractivity contribution in [2.75, 3.05) is 51.4 Å². The standard InChI is InChI=1S/C43H66N2O5S/c1-29(28-50-7)32-14-19-43(44-22-23-45-24-26-51(48,49)27-25-45)21-20-41(5)34(37(32)43)12-13-36-40(4)17-15-33(30-8-10-31(11-9-30)38(46)47)39(2,3)35(40)16-18-42(36,41)6/h8-11,15,29,32,34-37,44H,12-14,16-28H2,1-7H3,(H,46,47). The number of carboxylic acid groups (broad SMARTS) is 1. The fraction of sp³-hybridized carbons (Fsp3) is 0.791. The Kier molecular flexibility index (Phi) is 9.75. The van der Waals surface area contributed by atoms with Crippen molar-refractivity contribution in [2.24, 2.45) is 57.2 Å². The van der Waals surface area contributed by atoms with E-state index < -0.39 is 15.8 Å². The molecule has 1 saturated heterocycles. The first-order valence-corrected chi connectivity index (χ1v) is 22.0. The average molecular weight is 723 g/mol. The smallest absolute Gasteiger partial charge is 0.335 e. The topological polar surface area (TPSA) is 95.9 Å². The maximum absolute atomic E-state index is 12.1. The molecule has 1 aromatic rings. The van der Waals surface area contributed by atoms with E-state index in [1.54, 1.807) is 12.1 Å². The van der Waals surface area contributed by atoms with Gasteiger partial charge in [-0.15, -0.1) is 0 Å². The molecule has 7 nitrogen and oxygen atoms in total. The molecule has 1 aromatic carbocycles. The molecular weight excluding hydrogens is 657 g/mol. The van der Waals surface area contributed by atoms with Crippen LogP contribution >= 0.6 is 0 Å². The number of carboxylic acids is 1. The molecule has 8 heteroatoms. The van der Waals surface area contributed by atoms with E-state index in [1.807, 2.05) is 19.2 Å². The molecule has 0 amide bonds. The number of fused-ring (bicyclic) bond motifs is 7. The van der Waals surface area contributed by atoms with Crippen LogP contribution in [0.5, 0.6) is 0 Å². The summed E-state index contributed by atoms with van der Waals surface area (Å²) in [4.78, 5) is 13.9. The second kappa shape index (κ2) is 13.2. The monoisotopic (exact) mass is 722 g/mol. The lowest BCUT2D eigenvalue weighted by Crippen LogP contribution is -2.68. The van der Waals surface area contributed by atoms with Gasteiger partial charge in [0.25, 0.3) is 0 Å². The van der Waals surface area contributed by atoms with Crippen molar-refractivity contribution in [3.05, 3.63) is 41.5 Å². The van der Waals surface area contributed by atoms with Gasteiger partial charge in [-0.05, 0) is 138 Å². The summed E-state index contributed by atoms with van der Waals surface area (Å²) in [6, 6.07) is 7.59. The summed E-state index contributed by atoms with van der Waals surface area (Å²) >= 11 is 0. The van der Waals surface area contributed by atoms with Crippen LogP contribution in [0.15, 0.2) is 30.3 Å².